The summed E-state index contributed by atoms with van der Waals surface area (Å²) in [6, 6.07) is 8.54. The first-order valence-corrected chi connectivity index (χ1v) is 11.4. The van der Waals surface area contributed by atoms with Gasteiger partial charge in [0.05, 0.1) is 20.8 Å². The van der Waals surface area contributed by atoms with Crippen LogP contribution >= 0.6 is 34.8 Å². The number of amides is 1. The molecule has 13 heteroatoms. The highest BCUT2D eigenvalue weighted by molar-refractivity contribution is 6.48. The van der Waals surface area contributed by atoms with E-state index >= 15 is 0 Å². The van der Waals surface area contributed by atoms with Crippen LogP contribution in [0.1, 0.15) is 30.0 Å². The van der Waals surface area contributed by atoms with Gasteiger partial charge in [-0.15, -0.1) is 0 Å². The van der Waals surface area contributed by atoms with Gasteiger partial charge in [-0.1, -0.05) is 71.1 Å². The normalized spacial score (nSPS) is 21.0. The molecule has 0 aromatic heterocycles. The van der Waals surface area contributed by atoms with Crippen LogP contribution in [0.4, 0.5) is 13.2 Å². The van der Waals surface area contributed by atoms with Crippen LogP contribution in [0, 0.1) is 0 Å². The van der Waals surface area contributed by atoms with E-state index in [-0.39, 0.29) is 45.3 Å². The third-order valence-corrected chi connectivity index (χ3v) is 7.23. The Bertz CT molecular complexity index is 1230. The van der Waals surface area contributed by atoms with Crippen LogP contribution in [0.3, 0.4) is 0 Å². The molecule has 2 aliphatic heterocycles. The lowest BCUT2D eigenvalue weighted by molar-refractivity contribution is -0.269. The second-order valence-corrected chi connectivity index (χ2v) is 9.34. The molecule has 184 valence electrons. The van der Waals surface area contributed by atoms with E-state index in [1.165, 1.54) is 0 Å². The summed E-state index contributed by atoms with van der Waals surface area (Å²) >= 11 is 17.8. The predicted octanol–water partition coefficient (Wildman–Crippen LogP) is 6.74. The smallest absolute Gasteiger partial charge is 0.341 e. The molecule has 0 saturated carbocycles. The summed E-state index contributed by atoms with van der Waals surface area (Å²) in [5.74, 6) is -0.0614. The number of rotatable bonds is 5. The molecule has 0 aliphatic carbocycles. The number of nitrogens with one attached hydrogen (secondary N) is 1. The van der Waals surface area contributed by atoms with Crippen molar-refractivity contribution < 1.29 is 22.8 Å². The fourth-order valence-corrected chi connectivity index (χ4v) is 4.69. The first kappa shape index (κ1) is 25.5. The second kappa shape index (κ2) is 9.11. The molecule has 7 nitrogen and oxygen atoms in total. The van der Waals surface area contributed by atoms with E-state index < -0.39 is 17.3 Å². The van der Waals surface area contributed by atoms with Crippen molar-refractivity contribution in [3.63, 3.8) is 0 Å². The van der Waals surface area contributed by atoms with Crippen LogP contribution in [0.25, 0.3) is 16.1 Å². The summed E-state index contributed by atoms with van der Waals surface area (Å²) in [6.45, 7) is 2.19. The number of carbonyl (C=O) groups excluding carboxylic acids is 1. The Labute approximate surface area is 213 Å². The minimum atomic E-state index is -4.87. The van der Waals surface area contributed by atoms with E-state index in [1.54, 1.807) is 36.1 Å². The van der Waals surface area contributed by atoms with Crippen molar-refractivity contribution in [1.82, 2.24) is 10.4 Å². The highest BCUT2D eigenvalue weighted by Gasteiger charge is 2.60. The van der Waals surface area contributed by atoms with Crippen molar-refractivity contribution >= 4 is 46.4 Å². The summed E-state index contributed by atoms with van der Waals surface area (Å²) in [4.78, 5) is 21.5. The zero-order chi connectivity index (χ0) is 25.6. The predicted molar refractivity (Wildman–Crippen MR) is 126 cm³/mol. The number of alkyl halides is 3. The highest BCUT2D eigenvalue weighted by atomic mass is 35.5. The Morgan fingerprint density at radius 2 is 1.77 bits per heavy atom. The van der Waals surface area contributed by atoms with Gasteiger partial charge in [0.25, 0.3) is 0 Å². The van der Waals surface area contributed by atoms with Gasteiger partial charge in [0.15, 0.2) is 0 Å². The molecule has 1 N–H and O–H groups in total. The van der Waals surface area contributed by atoms with Crippen molar-refractivity contribution in [3.05, 3.63) is 84.7 Å². The van der Waals surface area contributed by atoms with Crippen molar-refractivity contribution in [1.29, 1.82) is 0 Å². The van der Waals surface area contributed by atoms with Gasteiger partial charge >= 0.3 is 6.18 Å². The number of likely N-dealkylation sites (tertiary alicyclic amines) is 1. The lowest BCUT2D eigenvalue weighted by atomic mass is 9.82. The molecule has 0 radical (unpaired) electrons. The maximum atomic E-state index is 14.2. The molecule has 35 heavy (non-hydrogen) atoms. The van der Waals surface area contributed by atoms with E-state index in [9.17, 15) is 18.0 Å². The zero-order valence-electron chi connectivity index (χ0n) is 18.0. The SMILES string of the molecule is CCC(=O)N1CC(N=[N+]=[N-])(c2ccc(C3=CC(c4cc(Cl)c(Cl)c(Cl)c4)(C(F)(F)F)ON3)cc2)C1. The quantitative estimate of drug-likeness (QED) is 0.195. The Hall–Kier alpha value is -2.62. The Morgan fingerprint density at radius 1 is 1.17 bits per heavy atom. The number of halogens is 6. The van der Waals surface area contributed by atoms with Crippen LogP contribution in [0.5, 0.6) is 0 Å². The summed E-state index contributed by atoms with van der Waals surface area (Å²) in [5, 5.41) is 3.53. The maximum absolute atomic E-state index is 14.2. The van der Waals surface area contributed by atoms with E-state index in [0.717, 1.165) is 18.2 Å². The summed E-state index contributed by atoms with van der Waals surface area (Å²) in [5.41, 5.74) is 8.32. The molecule has 0 bridgehead atoms. The molecule has 1 atom stereocenters. The maximum Gasteiger partial charge on any atom is 0.428 e. The van der Waals surface area contributed by atoms with Crippen molar-refractivity contribution in [2.45, 2.75) is 30.7 Å². The molecule has 4 rings (SSSR count). The minimum absolute atomic E-state index is 0.0605. The Morgan fingerprint density at radius 3 is 2.29 bits per heavy atom. The second-order valence-electron chi connectivity index (χ2n) is 8.15. The van der Waals surface area contributed by atoms with Crippen molar-refractivity contribution in [2.75, 3.05) is 13.1 Å². The molecule has 2 heterocycles. The Kier molecular flexibility index (Phi) is 6.63. The van der Waals surface area contributed by atoms with Crippen molar-refractivity contribution in [2.24, 2.45) is 5.11 Å². The summed E-state index contributed by atoms with van der Waals surface area (Å²) in [6.07, 6.45) is -3.64. The fourth-order valence-electron chi connectivity index (χ4n) is 4.09. The highest BCUT2D eigenvalue weighted by Crippen LogP contribution is 2.49. The van der Waals surface area contributed by atoms with Gasteiger partial charge in [0, 0.05) is 30.0 Å². The van der Waals surface area contributed by atoms with Crippen LogP contribution in [0.2, 0.25) is 15.1 Å². The van der Waals surface area contributed by atoms with Gasteiger partial charge in [-0.3, -0.25) is 15.1 Å². The van der Waals surface area contributed by atoms with Gasteiger partial charge in [-0.25, -0.2) is 0 Å². The topological polar surface area (TPSA) is 90.3 Å². The van der Waals surface area contributed by atoms with Crippen LogP contribution in [0.15, 0.2) is 47.6 Å². The standard InChI is InChI=1S/C22H17Cl3F3N5O2/c1-2-18(34)33-10-20(11-33,31-32-29)13-5-3-12(4-6-13)17-9-21(35-30-17,22(26,27)28)14-7-15(23)19(25)16(24)8-14/h3-9,30H,2,10-11H2,1H3. The zero-order valence-corrected chi connectivity index (χ0v) is 20.3. The number of hydrogen-bond acceptors (Lipinski definition) is 4. The lowest BCUT2D eigenvalue weighted by Gasteiger charge is -2.47. The third-order valence-electron chi connectivity index (χ3n) is 6.03. The summed E-state index contributed by atoms with van der Waals surface area (Å²) in [7, 11) is 0. The summed E-state index contributed by atoms with van der Waals surface area (Å²) < 4.78 is 42.7. The third kappa shape index (κ3) is 4.30. The van der Waals surface area contributed by atoms with Gasteiger partial charge in [-0.2, -0.15) is 13.2 Å². The molecule has 2 aromatic carbocycles. The number of hydrogen-bond donors (Lipinski definition) is 1. The van der Waals surface area contributed by atoms with Gasteiger partial charge < -0.3 is 4.90 Å². The lowest BCUT2D eigenvalue weighted by Crippen LogP contribution is -2.59. The van der Waals surface area contributed by atoms with Gasteiger partial charge in [0.2, 0.25) is 11.5 Å². The number of benzene rings is 2. The van der Waals surface area contributed by atoms with E-state index in [1.807, 2.05) is 0 Å². The molecular formula is C22H17Cl3F3N5O2. The Balaban J connectivity index is 1.68. The largest absolute Gasteiger partial charge is 0.428 e. The van der Waals surface area contributed by atoms with Crippen LogP contribution in [-0.4, -0.2) is 30.1 Å². The average Bonchev–Trinajstić information content (AvgIpc) is 3.26. The monoisotopic (exact) mass is 545 g/mol. The van der Waals surface area contributed by atoms with Crippen LogP contribution in [-0.2, 0) is 20.8 Å². The van der Waals surface area contributed by atoms with Crippen LogP contribution < -0.4 is 5.48 Å². The number of azide groups is 1. The molecule has 0 spiro atoms. The molecule has 2 aromatic rings. The number of nitrogens with zero attached hydrogens (tertiary/aromatic N) is 4. The number of carbonyl (C=O) groups is 1. The van der Waals surface area contributed by atoms with Crippen molar-refractivity contribution in [3.8, 4) is 0 Å². The fraction of sp³-hybridized carbons (Fsp3) is 0.318. The van der Waals surface area contributed by atoms with E-state index in [0.29, 0.717) is 17.5 Å². The molecule has 1 unspecified atom stereocenters. The first-order valence-electron chi connectivity index (χ1n) is 10.3. The van der Waals surface area contributed by atoms with Gasteiger partial charge in [0.1, 0.15) is 5.54 Å². The number of hydroxylamine groups is 1. The minimum Gasteiger partial charge on any atom is -0.341 e. The van der Waals surface area contributed by atoms with E-state index in [4.69, 9.17) is 45.2 Å². The molecular weight excluding hydrogens is 530 g/mol. The molecule has 1 saturated heterocycles. The first-order chi connectivity index (χ1) is 16.5. The van der Waals surface area contributed by atoms with Gasteiger partial charge in [-0.05, 0) is 34.9 Å². The average molecular weight is 547 g/mol. The molecule has 2 aliphatic rings. The van der Waals surface area contributed by atoms with E-state index in [2.05, 4.69) is 15.5 Å². The molecule has 1 amide bonds. The molecule has 1 fully saturated rings.